The molecule has 1 atom stereocenters. The Bertz CT molecular complexity index is 1850. The van der Waals surface area contributed by atoms with E-state index in [0.29, 0.717) is 44.3 Å². The van der Waals surface area contributed by atoms with Crippen LogP contribution >= 0.6 is 11.3 Å². The molecular weight excluding hydrogens is 604 g/mol. The van der Waals surface area contributed by atoms with Crippen LogP contribution < -0.4 is 33.2 Å². The number of benzene rings is 1. The van der Waals surface area contributed by atoms with Gasteiger partial charge in [0.05, 0.1) is 41.0 Å². The Morgan fingerprint density at radius 2 is 1.91 bits per heavy atom. The Kier molecular flexibility index (Phi) is 9.17. The first-order valence-corrected chi connectivity index (χ1v) is 14.2. The van der Waals surface area contributed by atoms with Crippen LogP contribution in [0.25, 0.3) is 22.6 Å². The van der Waals surface area contributed by atoms with Crippen molar-refractivity contribution in [3.8, 4) is 11.4 Å². The molecule has 10 N–H and O–H groups in total. The molecule has 18 nitrogen and oxygen atoms in total. The molecule has 19 heteroatoms. The number of methoxy groups -OCH3 is 1. The maximum Gasteiger partial charge on any atom is 0.328 e. The van der Waals surface area contributed by atoms with Crippen molar-refractivity contribution < 1.29 is 19.1 Å². The number of anilines is 4. The summed E-state index contributed by atoms with van der Waals surface area (Å²) in [4.78, 5) is 55.2. The van der Waals surface area contributed by atoms with Gasteiger partial charge in [-0.25, -0.2) is 14.8 Å². The number of hydrogen-bond donors (Lipinski definition) is 7. The summed E-state index contributed by atoms with van der Waals surface area (Å²) in [6.07, 6.45) is 2.12. The summed E-state index contributed by atoms with van der Waals surface area (Å²) >= 11 is 1.19. The predicted octanol–water partition coefficient (Wildman–Crippen LogP) is 0.502. The van der Waals surface area contributed by atoms with Gasteiger partial charge in [-0.1, -0.05) is 0 Å². The lowest BCUT2D eigenvalue weighted by Gasteiger charge is -2.16. The van der Waals surface area contributed by atoms with Crippen LogP contribution in [0.1, 0.15) is 38.6 Å². The van der Waals surface area contributed by atoms with Gasteiger partial charge in [-0.15, -0.1) is 21.5 Å². The standard InChI is InChI=1S/C26H28N14O4S/c1-44-25(43)16(3-2-8-30-23(41)14-5-4-12(27)9-15(14)21-37-39-40-38-21)34-24(42)17-6-7-18(45-17)31-10-13-11-32-22-19(33-13)20(28)35-26(29)36-22/h4-7,9,11,16,31H,2-3,8,10,27H2,1H3,(H,30,41)(H,34,42)(H,37,38,39,40)(H4,28,29,32,35,36)/t16-/m0/s1. The number of esters is 1. The number of carbonyl (C=O) groups is 3. The van der Waals surface area contributed by atoms with E-state index in [4.69, 9.17) is 21.9 Å². The first kappa shape index (κ1) is 30.5. The van der Waals surface area contributed by atoms with E-state index in [1.807, 2.05) is 0 Å². The number of H-pyrrole nitrogens is 1. The van der Waals surface area contributed by atoms with Gasteiger partial charge in [-0.05, 0) is 48.4 Å². The molecule has 0 saturated carbocycles. The van der Waals surface area contributed by atoms with Gasteiger partial charge in [0, 0.05) is 17.8 Å². The quantitative estimate of drug-likeness (QED) is 0.0560. The second-order valence-electron chi connectivity index (χ2n) is 9.51. The largest absolute Gasteiger partial charge is 0.467 e. The number of ether oxygens (including phenoxy) is 1. The number of aromatic nitrogens is 8. The monoisotopic (exact) mass is 632 g/mol. The molecule has 0 bridgehead atoms. The van der Waals surface area contributed by atoms with Gasteiger partial charge in [0.15, 0.2) is 17.0 Å². The third-order valence-electron chi connectivity index (χ3n) is 6.40. The Labute approximate surface area is 258 Å². The molecular formula is C26H28N14O4S. The fourth-order valence-electron chi connectivity index (χ4n) is 4.25. The maximum absolute atomic E-state index is 13.0. The lowest BCUT2D eigenvalue weighted by atomic mass is 10.0. The Balaban J connectivity index is 1.14. The van der Waals surface area contributed by atoms with Crippen molar-refractivity contribution in [3.05, 3.63) is 52.7 Å². The van der Waals surface area contributed by atoms with Crippen LogP contribution in [0.15, 0.2) is 36.5 Å². The van der Waals surface area contributed by atoms with Crippen molar-refractivity contribution in [1.29, 1.82) is 0 Å². The van der Waals surface area contributed by atoms with Crippen molar-refractivity contribution in [3.63, 3.8) is 0 Å². The molecule has 1 aromatic carbocycles. The molecule has 0 spiro atoms. The Morgan fingerprint density at radius 3 is 2.69 bits per heavy atom. The molecule has 0 unspecified atom stereocenters. The minimum atomic E-state index is -0.932. The number of nitrogen functional groups attached to an aromatic ring is 3. The smallest absolute Gasteiger partial charge is 0.328 e. The highest BCUT2D eigenvalue weighted by Crippen LogP contribution is 2.24. The highest BCUT2D eigenvalue weighted by atomic mass is 32.1. The van der Waals surface area contributed by atoms with Crippen LogP contribution in [0, 0.1) is 0 Å². The summed E-state index contributed by atoms with van der Waals surface area (Å²) in [6, 6.07) is 7.16. The van der Waals surface area contributed by atoms with Crippen molar-refractivity contribution in [1.82, 2.24) is 51.2 Å². The minimum Gasteiger partial charge on any atom is -0.467 e. The SMILES string of the molecule is COC(=O)[C@H](CCCNC(=O)c1ccc(N)cc1-c1nn[nH]n1)NC(=O)c1ccc(NCc2cnc3nc(N)nc(N)c3n2)s1. The van der Waals surface area contributed by atoms with Crippen molar-refractivity contribution in [2.45, 2.75) is 25.4 Å². The highest BCUT2D eigenvalue weighted by molar-refractivity contribution is 7.17. The van der Waals surface area contributed by atoms with Crippen LogP contribution in [0.3, 0.4) is 0 Å². The molecule has 0 saturated heterocycles. The number of hydrogen-bond acceptors (Lipinski definition) is 16. The van der Waals surface area contributed by atoms with E-state index in [9.17, 15) is 14.4 Å². The molecule has 0 fully saturated rings. The number of fused-ring (bicyclic) bond motifs is 1. The van der Waals surface area contributed by atoms with Gasteiger partial charge in [0.25, 0.3) is 11.8 Å². The van der Waals surface area contributed by atoms with E-state index < -0.39 is 17.9 Å². The van der Waals surface area contributed by atoms with Crippen LogP contribution in [0.4, 0.5) is 22.5 Å². The van der Waals surface area contributed by atoms with Gasteiger partial charge >= 0.3 is 5.97 Å². The second-order valence-corrected chi connectivity index (χ2v) is 10.6. The van der Waals surface area contributed by atoms with Crippen molar-refractivity contribution in [2.24, 2.45) is 0 Å². The van der Waals surface area contributed by atoms with E-state index in [1.54, 1.807) is 30.3 Å². The highest BCUT2D eigenvalue weighted by Gasteiger charge is 2.23. The number of carbonyl (C=O) groups excluding carboxylic acids is 3. The summed E-state index contributed by atoms with van der Waals surface area (Å²) in [5.41, 5.74) is 19.7. The zero-order valence-electron chi connectivity index (χ0n) is 23.8. The number of thiophene rings is 1. The van der Waals surface area contributed by atoms with Crippen LogP contribution in [0.2, 0.25) is 0 Å². The van der Waals surface area contributed by atoms with E-state index >= 15 is 0 Å². The summed E-state index contributed by atoms with van der Waals surface area (Å²) < 4.78 is 4.88. The number of tetrazole rings is 1. The first-order valence-electron chi connectivity index (χ1n) is 13.4. The number of nitrogens with zero attached hydrogens (tertiary/aromatic N) is 7. The molecule has 0 aliphatic carbocycles. The van der Waals surface area contributed by atoms with Gasteiger partial charge in [-0.2, -0.15) is 15.2 Å². The second kappa shape index (κ2) is 13.5. The van der Waals surface area contributed by atoms with E-state index in [2.05, 4.69) is 56.5 Å². The van der Waals surface area contributed by atoms with Crippen LogP contribution in [-0.4, -0.2) is 78.0 Å². The molecule has 45 heavy (non-hydrogen) atoms. The molecule has 0 radical (unpaired) electrons. The molecule has 4 aromatic heterocycles. The lowest BCUT2D eigenvalue weighted by molar-refractivity contribution is -0.143. The number of rotatable bonds is 12. The molecule has 4 heterocycles. The van der Waals surface area contributed by atoms with Crippen molar-refractivity contribution in [2.75, 3.05) is 36.2 Å². The maximum atomic E-state index is 13.0. The zero-order chi connectivity index (χ0) is 31.9. The summed E-state index contributed by atoms with van der Waals surface area (Å²) in [6.45, 7) is 0.506. The van der Waals surface area contributed by atoms with Crippen LogP contribution in [0.5, 0.6) is 0 Å². The third kappa shape index (κ3) is 7.33. The van der Waals surface area contributed by atoms with Crippen molar-refractivity contribution >= 4 is 62.7 Å². The van der Waals surface area contributed by atoms with Gasteiger partial charge in [0.1, 0.15) is 6.04 Å². The molecule has 5 rings (SSSR count). The number of amides is 2. The topological polar surface area (TPSA) is 281 Å². The average molecular weight is 633 g/mol. The third-order valence-corrected chi connectivity index (χ3v) is 7.44. The predicted molar refractivity (Wildman–Crippen MR) is 164 cm³/mol. The summed E-state index contributed by atoms with van der Waals surface area (Å²) in [5, 5.41) is 23.1. The summed E-state index contributed by atoms with van der Waals surface area (Å²) in [7, 11) is 1.24. The van der Waals surface area contributed by atoms with Gasteiger partial charge in [-0.3, -0.25) is 9.59 Å². The zero-order valence-corrected chi connectivity index (χ0v) is 24.6. The lowest BCUT2D eigenvalue weighted by Crippen LogP contribution is -2.41. The molecule has 232 valence electrons. The molecule has 5 aromatic rings. The fourth-order valence-corrected chi connectivity index (χ4v) is 5.05. The van der Waals surface area contributed by atoms with E-state index in [1.165, 1.54) is 24.6 Å². The number of aromatic amines is 1. The van der Waals surface area contributed by atoms with Crippen LogP contribution in [-0.2, 0) is 16.1 Å². The molecule has 0 aliphatic rings. The van der Waals surface area contributed by atoms with E-state index in [0.717, 1.165) is 0 Å². The Morgan fingerprint density at radius 1 is 1.07 bits per heavy atom. The Hall–Kier alpha value is -5.98. The minimum absolute atomic E-state index is 0.0106. The first-order chi connectivity index (χ1) is 21.7. The number of nitrogens with two attached hydrogens (primary N) is 3. The summed E-state index contributed by atoms with van der Waals surface area (Å²) in [5.74, 6) is -1.09. The van der Waals surface area contributed by atoms with E-state index in [-0.39, 0.29) is 48.7 Å². The average Bonchev–Trinajstić information content (AvgIpc) is 3.74. The molecule has 2 amide bonds. The number of nitrogens with one attached hydrogen (secondary N) is 4. The van der Waals surface area contributed by atoms with Gasteiger partial charge < -0.3 is 37.9 Å². The van der Waals surface area contributed by atoms with Gasteiger partial charge in [0.2, 0.25) is 11.8 Å². The molecule has 0 aliphatic heterocycles. The fraction of sp³-hybridized carbons (Fsp3) is 0.231. The normalized spacial score (nSPS) is 11.6.